The van der Waals surface area contributed by atoms with E-state index >= 15 is 0 Å². The lowest BCUT2D eigenvalue weighted by Gasteiger charge is -2.00. The van der Waals surface area contributed by atoms with Gasteiger partial charge in [0.1, 0.15) is 0 Å². The molecule has 0 fully saturated rings. The van der Waals surface area contributed by atoms with Crippen LogP contribution in [0.3, 0.4) is 0 Å². The van der Waals surface area contributed by atoms with Crippen molar-refractivity contribution in [3.05, 3.63) is 47.5 Å². The summed E-state index contributed by atoms with van der Waals surface area (Å²) in [4.78, 5) is 0. The Morgan fingerprint density at radius 3 is 2.54 bits per heavy atom. The van der Waals surface area contributed by atoms with Crippen LogP contribution in [0.15, 0.2) is 36.4 Å². The van der Waals surface area contributed by atoms with Crippen molar-refractivity contribution >= 4 is 22.5 Å². The zero-order valence-corrected chi connectivity index (χ0v) is 7.04. The molecule has 2 aromatic carbocycles. The van der Waals surface area contributed by atoms with Crippen molar-refractivity contribution in [1.82, 2.24) is 5.73 Å². The van der Waals surface area contributed by atoms with Gasteiger partial charge in [-0.25, -0.2) is 0 Å². The number of nitrogens with one attached hydrogen (secondary N) is 1. The highest BCUT2D eigenvalue weighted by atomic mass is 14.6. The Bertz CT molecular complexity index is 518. The monoisotopic (exact) mass is 166 g/mol. The fourth-order valence-corrected chi connectivity index (χ4v) is 1.95. The average molecular weight is 166 g/mol. The van der Waals surface area contributed by atoms with Crippen LogP contribution in [0.1, 0.15) is 11.1 Å². The molecular formula is C12H8N. The van der Waals surface area contributed by atoms with Crippen LogP contribution in [0.5, 0.6) is 0 Å². The summed E-state index contributed by atoms with van der Waals surface area (Å²) >= 11 is 0. The molecule has 0 aliphatic heterocycles. The Kier molecular flexibility index (Phi) is 1.10. The van der Waals surface area contributed by atoms with Crippen molar-refractivity contribution < 1.29 is 0 Å². The van der Waals surface area contributed by atoms with E-state index in [1.807, 2.05) is 24.3 Å². The lowest BCUT2D eigenvalue weighted by molar-refractivity contribution is 1.55. The normalized spacial score (nSPS) is 13.4. The van der Waals surface area contributed by atoms with Crippen LogP contribution in [0.2, 0.25) is 0 Å². The quantitative estimate of drug-likeness (QED) is 0.574. The topological polar surface area (TPSA) is 23.8 Å². The van der Waals surface area contributed by atoms with Gasteiger partial charge >= 0.3 is 0 Å². The van der Waals surface area contributed by atoms with Crippen LogP contribution in [0, 0.1) is 0 Å². The van der Waals surface area contributed by atoms with Gasteiger partial charge < -0.3 is 5.73 Å². The molecule has 0 saturated heterocycles. The molecule has 0 atom stereocenters. The summed E-state index contributed by atoms with van der Waals surface area (Å²) in [7, 11) is 0. The molecule has 1 nitrogen and oxygen atoms in total. The van der Waals surface area contributed by atoms with Crippen molar-refractivity contribution in [3.63, 3.8) is 0 Å². The van der Waals surface area contributed by atoms with E-state index in [0.717, 1.165) is 5.56 Å². The molecule has 0 heterocycles. The molecule has 0 saturated carbocycles. The Balaban J connectivity index is 2.59. The predicted molar refractivity (Wildman–Crippen MR) is 54.9 cm³/mol. The summed E-state index contributed by atoms with van der Waals surface area (Å²) in [6, 6.07) is 12.3. The third-order valence-corrected chi connectivity index (χ3v) is 2.53. The summed E-state index contributed by atoms with van der Waals surface area (Å²) < 4.78 is 0. The summed E-state index contributed by atoms with van der Waals surface area (Å²) in [6.07, 6.45) is 1.93. The second kappa shape index (κ2) is 2.13. The van der Waals surface area contributed by atoms with Crippen LogP contribution >= 0.6 is 0 Å². The lowest BCUT2D eigenvalue weighted by Crippen LogP contribution is -1.80. The van der Waals surface area contributed by atoms with Crippen LogP contribution in [0.25, 0.3) is 22.5 Å². The average Bonchev–Trinajstić information content (AvgIpc) is 2.47. The molecule has 13 heavy (non-hydrogen) atoms. The molecule has 0 amide bonds. The molecule has 1 heteroatoms. The zero-order valence-electron chi connectivity index (χ0n) is 7.04. The Morgan fingerprint density at radius 1 is 0.923 bits per heavy atom. The maximum absolute atomic E-state index is 7.76. The summed E-state index contributed by atoms with van der Waals surface area (Å²) in [5, 5.41) is 2.46. The van der Waals surface area contributed by atoms with Gasteiger partial charge in [-0.1, -0.05) is 36.4 Å². The smallest absolute Gasteiger partial charge is 0.0624 e. The van der Waals surface area contributed by atoms with E-state index in [1.165, 1.54) is 16.3 Å². The first-order valence-corrected chi connectivity index (χ1v) is 4.32. The fourth-order valence-electron chi connectivity index (χ4n) is 1.95. The molecule has 0 aromatic heterocycles. The van der Waals surface area contributed by atoms with Crippen LogP contribution in [-0.2, 0) is 0 Å². The first-order valence-electron chi connectivity index (χ1n) is 4.32. The third-order valence-electron chi connectivity index (χ3n) is 2.53. The van der Waals surface area contributed by atoms with Gasteiger partial charge in [0.15, 0.2) is 0 Å². The Labute approximate surface area is 76.5 Å². The van der Waals surface area contributed by atoms with Gasteiger partial charge in [-0.05, 0) is 22.4 Å². The second-order valence-electron chi connectivity index (χ2n) is 3.31. The van der Waals surface area contributed by atoms with Gasteiger partial charge in [0.05, 0.1) is 5.70 Å². The number of hydrogen-bond acceptors (Lipinski definition) is 0. The fraction of sp³-hybridized carbons (Fsp3) is 0. The molecule has 0 unspecified atom stereocenters. The highest BCUT2D eigenvalue weighted by Crippen LogP contribution is 2.34. The molecule has 1 radical (unpaired) electrons. The number of rotatable bonds is 0. The van der Waals surface area contributed by atoms with Gasteiger partial charge in [0, 0.05) is 5.56 Å². The minimum atomic E-state index is 0.631. The van der Waals surface area contributed by atoms with Crippen molar-refractivity contribution in [3.8, 4) is 0 Å². The van der Waals surface area contributed by atoms with Gasteiger partial charge in [0.25, 0.3) is 0 Å². The van der Waals surface area contributed by atoms with Crippen LogP contribution < -0.4 is 5.73 Å². The van der Waals surface area contributed by atoms with E-state index in [9.17, 15) is 0 Å². The van der Waals surface area contributed by atoms with Crippen molar-refractivity contribution in [1.29, 1.82) is 0 Å². The second-order valence-corrected chi connectivity index (χ2v) is 3.31. The maximum Gasteiger partial charge on any atom is 0.0624 e. The zero-order chi connectivity index (χ0) is 8.84. The van der Waals surface area contributed by atoms with Gasteiger partial charge in [-0.15, -0.1) is 0 Å². The lowest BCUT2D eigenvalue weighted by atomic mass is 10.0. The molecule has 1 N–H and O–H groups in total. The largest absolute Gasteiger partial charge is 0.300 e. The maximum atomic E-state index is 7.76. The minimum absolute atomic E-state index is 0.631. The highest BCUT2D eigenvalue weighted by molar-refractivity contribution is 6.08. The molecule has 0 bridgehead atoms. The summed E-state index contributed by atoms with van der Waals surface area (Å²) in [5.74, 6) is 0. The molecule has 2 aromatic rings. The summed E-state index contributed by atoms with van der Waals surface area (Å²) in [5.41, 5.74) is 10.6. The van der Waals surface area contributed by atoms with E-state index in [2.05, 4.69) is 18.2 Å². The molecular weight excluding hydrogens is 158 g/mol. The molecule has 1 aliphatic rings. The van der Waals surface area contributed by atoms with E-state index in [-0.39, 0.29) is 0 Å². The SMILES string of the molecule is [NH]C1=Cc2cccc3cccc1c23. The van der Waals surface area contributed by atoms with Gasteiger partial charge in [0.2, 0.25) is 0 Å². The molecule has 3 rings (SSSR count). The first kappa shape index (κ1) is 6.72. The van der Waals surface area contributed by atoms with E-state index < -0.39 is 0 Å². The standard InChI is InChI=1S/C12H8N/c13-11-7-9-5-1-3-8-4-2-6-10(11)12(8)9/h1-7,13H. The summed E-state index contributed by atoms with van der Waals surface area (Å²) in [6.45, 7) is 0. The predicted octanol–water partition coefficient (Wildman–Crippen LogP) is 2.93. The Morgan fingerprint density at radius 2 is 1.69 bits per heavy atom. The van der Waals surface area contributed by atoms with Gasteiger partial charge in [-0.3, -0.25) is 0 Å². The molecule has 1 aliphatic carbocycles. The molecule has 0 spiro atoms. The van der Waals surface area contributed by atoms with Gasteiger partial charge in [-0.2, -0.15) is 0 Å². The van der Waals surface area contributed by atoms with Crippen LogP contribution in [0.4, 0.5) is 0 Å². The first-order chi connectivity index (χ1) is 6.36. The number of benzene rings is 2. The van der Waals surface area contributed by atoms with E-state index in [1.54, 1.807) is 0 Å². The van der Waals surface area contributed by atoms with E-state index in [0.29, 0.717) is 5.70 Å². The highest BCUT2D eigenvalue weighted by Gasteiger charge is 2.13. The number of hydrogen-bond donors (Lipinski definition) is 0. The minimum Gasteiger partial charge on any atom is -0.300 e. The van der Waals surface area contributed by atoms with Crippen molar-refractivity contribution in [2.75, 3.05) is 0 Å². The Hall–Kier alpha value is -1.76. The van der Waals surface area contributed by atoms with Crippen molar-refractivity contribution in [2.24, 2.45) is 0 Å². The third kappa shape index (κ3) is 0.760. The van der Waals surface area contributed by atoms with Crippen molar-refractivity contribution in [2.45, 2.75) is 0 Å². The van der Waals surface area contributed by atoms with Crippen LogP contribution in [-0.4, -0.2) is 0 Å². The van der Waals surface area contributed by atoms with E-state index in [4.69, 9.17) is 5.73 Å². The molecule has 61 valence electrons.